The molecule has 5 nitrogen and oxygen atoms in total. The van der Waals surface area contributed by atoms with Crippen LogP contribution in [-0.2, 0) is 0 Å². The molecular formula is C12H13N5. The molecule has 0 bridgehead atoms. The van der Waals surface area contributed by atoms with E-state index in [0.717, 1.165) is 16.8 Å². The van der Waals surface area contributed by atoms with Gasteiger partial charge in [0.15, 0.2) is 0 Å². The summed E-state index contributed by atoms with van der Waals surface area (Å²) >= 11 is 0. The van der Waals surface area contributed by atoms with Crippen molar-refractivity contribution in [3.8, 4) is 0 Å². The van der Waals surface area contributed by atoms with E-state index in [-0.39, 0.29) is 0 Å². The van der Waals surface area contributed by atoms with E-state index < -0.39 is 5.66 Å². The van der Waals surface area contributed by atoms with Crippen molar-refractivity contribution in [3.05, 3.63) is 58.5 Å². The Kier molecular flexibility index (Phi) is 2.87. The molecule has 1 aromatic rings. The van der Waals surface area contributed by atoms with E-state index >= 15 is 0 Å². The van der Waals surface area contributed by atoms with Gasteiger partial charge >= 0.3 is 0 Å². The molecule has 2 rings (SSSR count). The minimum atomic E-state index is -0.938. The molecule has 0 fully saturated rings. The Morgan fingerprint density at radius 3 is 2.53 bits per heavy atom. The maximum atomic E-state index is 8.41. The molecule has 1 atom stereocenters. The molecule has 4 N–H and O–H groups in total. The number of rotatable bonds is 2. The van der Waals surface area contributed by atoms with Gasteiger partial charge in [-0.25, -0.2) is 0 Å². The summed E-state index contributed by atoms with van der Waals surface area (Å²) in [6.07, 6.45) is 6.04. The molecule has 86 valence electrons. The first-order valence-electron chi connectivity index (χ1n) is 5.23. The molecule has 0 saturated heterocycles. The first-order chi connectivity index (χ1) is 8.13. The van der Waals surface area contributed by atoms with Crippen molar-refractivity contribution in [1.82, 2.24) is 0 Å². The van der Waals surface area contributed by atoms with E-state index in [2.05, 4.69) is 10.0 Å². The van der Waals surface area contributed by atoms with Gasteiger partial charge in [0.2, 0.25) is 0 Å². The Balaban J connectivity index is 2.23. The van der Waals surface area contributed by atoms with E-state index in [9.17, 15) is 0 Å². The zero-order valence-corrected chi connectivity index (χ0v) is 9.24. The van der Waals surface area contributed by atoms with Gasteiger partial charge in [0, 0.05) is 10.6 Å². The zero-order valence-electron chi connectivity index (χ0n) is 9.24. The van der Waals surface area contributed by atoms with Crippen LogP contribution in [-0.4, -0.2) is 5.66 Å². The van der Waals surface area contributed by atoms with Gasteiger partial charge in [0.05, 0.1) is 0 Å². The van der Waals surface area contributed by atoms with Crippen LogP contribution in [0.4, 0.5) is 5.69 Å². The number of nitrogens with zero attached hydrogens (tertiary/aromatic N) is 3. The second kappa shape index (κ2) is 4.33. The summed E-state index contributed by atoms with van der Waals surface area (Å²) in [5.41, 5.74) is 21.8. The number of nitrogens with two attached hydrogens (primary N) is 2. The molecule has 1 aromatic carbocycles. The van der Waals surface area contributed by atoms with Gasteiger partial charge in [-0.15, -0.1) is 0 Å². The van der Waals surface area contributed by atoms with Crippen molar-refractivity contribution >= 4 is 11.3 Å². The molecule has 0 aliphatic heterocycles. The number of allylic oxidation sites excluding steroid dienone is 2. The van der Waals surface area contributed by atoms with Crippen molar-refractivity contribution in [2.75, 3.05) is 5.73 Å². The predicted molar refractivity (Wildman–Crippen MR) is 68.7 cm³/mol. The topological polar surface area (TPSA) is 101 Å². The Morgan fingerprint density at radius 1 is 1.29 bits per heavy atom. The SMILES string of the molecule is [N-]=[N+]=NC1(N)C=CC(c2ccc(N)cc2)=CC1. The molecule has 5 heteroatoms. The summed E-state index contributed by atoms with van der Waals surface area (Å²) in [4.78, 5) is 2.74. The third-order valence-electron chi connectivity index (χ3n) is 2.68. The number of nitrogen functional groups attached to an aromatic ring is 1. The zero-order chi connectivity index (χ0) is 12.3. The highest BCUT2D eigenvalue weighted by Gasteiger charge is 2.21. The third kappa shape index (κ3) is 2.47. The smallest absolute Gasteiger partial charge is 0.117 e. The third-order valence-corrected chi connectivity index (χ3v) is 2.68. The monoisotopic (exact) mass is 227 g/mol. The van der Waals surface area contributed by atoms with E-state index in [1.54, 1.807) is 6.08 Å². The van der Waals surface area contributed by atoms with Crippen LogP contribution in [0.1, 0.15) is 12.0 Å². The van der Waals surface area contributed by atoms with Crippen LogP contribution >= 0.6 is 0 Å². The molecule has 0 aromatic heterocycles. The molecule has 1 aliphatic rings. The fraction of sp³-hybridized carbons (Fsp3) is 0.167. The maximum absolute atomic E-state index is 8.41. The van der Waals surface area contributed by atoms with Crippen molar-refractivity contribution < 1.29 is 0 Å². The van der Waals surface area contributed by atoms with Crippen molar-refractivity contribution in [2.24, 2.45) is 10.8 Å². The number of benzene rings is 1. The standard InChI is InChI=1S/C12H13N5/c13-11-3-1-9(2-4-11)10-5-7-12(14,8-6-10)16-17-15/h1-7H,8,13-14H2. The minimum absolute atomic E-state index is 0.493. The minimum Gasteiger partial charge on any atom is -0.399 e. The first kappa shape index (κ1) is 11.3. The molecule has 17 heavy (non-hydrogen) atoms. The van der Waals surface area contributed by atoms with Crippen LogP contribution in [0.25, 0.3) is 16.0 Å². The lowest BCUT2D eigenvalue weighted by atomic mass is 9.94. The van der Waals surface area contributed by atoms with E-state index in [0.29, 0.717) is 6.42 Å². The molecule has 0 radical (unpaired) electrons. The number of hydrogen-bond donors (Lipinski definition) is 2. The average Bonchev–Trinajstić information content (AvgIpc) is 2.31. The highest BCUT2D eigenvalue weighted by molar-refractivity contribution is 5.76. The number of anilines is 1. The molecule has 0 heterocycles. The summed E-state index contributed by atoms with van der Waals surface area (Å²) in [6, 6.07) is 7.59. The van der Waals surface area contributed by atoms with Crippen molar-refractivity contribution in [3.63, 3.8) is 0 Å². The Labute approximate surface area is 99.0 Å². The number of azide groups is 1. The maximum Gasteiger partial charge on any atom is 0.117 e. The van der Waals surface area contributed by atoms with Crippen LogP contribution in [0.15, 0.2) is 47.6 Å². The average molecular weight is 227 g/mol. The second-order valence-electron chi connectivity index (χ2n) is 4.00. The van der Waals surface area contributed by atoms with Gasteiger partial charge in [0.25, 0.3) is 0 Å². The fourth-order valence-electron chi connectivity index (χ4n) is 1.69. The van der Waals surface area contributed by atoms with Crippen LogP contribution in [0.2, 0.25) is 0 Å². The summed E-state index contributed by atoms with van der Waals surface area (Å²) in [5, 5.41) is 3.56. The van der Waals surface area contributed by atoms with Gasteiger partial charge in [-0.1, -0.05) is 35.5 Å². The Bertz CT molecular complexity index is 522. The summed E-state index contributed by atoms with van der Waals surface area (Å²) in [6.45, 7) is 0. The lowest BCUT2D eigenvalue weighted by Crippen LogP contribution is -2.35. The molecule has 0 amide bonds. The van der Waals surface area contributed by atoms with Crippen molar-refractivity contribution in [1.29, 1.82) is 0 Å². The quantitative estimate of drug-likeness (QED) is 0.351. The number of hydrogen-bond acceptors (Lipinski definition) is 3. The summed E-state index contributed by atoms with van der Waals surface area (Å²) in [5.74, 6) is 0. The van der Waals surface area contributed by atoms with Crippen LogP contribution < -0.4 is 11.5 Å². The van der Waals surface area contributed by atoms with Gasteiger partial charge in [-0.3, -0.25) is 0 Å². The van der Waals surface area contributed by atoms with Gasteiger partial charge in [-0.2, -0.15) is 0 Å². The first-order valence-corrected chi connectivity index (χ1v) is 5.23. The molecule has 1 unspecified atom stereocenters. The van der Waals surface area contributed by atoms with E-state index in [4.69, 9.17) is 17.0 Å². The molecule has 0 spiro atoms. The lowest BCUT2D eigenvalue weighted by Gasteiger charge is -2.22. The summed E-state index contributed by atoms with van der Waals surface area (Å²) in [7, 11) is 0. The Morgan fingerprint density at radius 2 is 2.00 bits per heavy atom. The van der Waals surface area contributed by atoms with Crippen LogP contribution in [0.3, 0.4) is 0 Å². The van der Waals surface area contributed by atoms with Crippen LogP contribution in [0.5, 0.6) is 0 Å². The lowest BCUT2D eigenvalue weighted by molar-refractivity contribution is 0.555. The van der Waals surface area contributed by atoms with E-state index in [1.807, 2.05) is 36.4 Å². The Hall–Kier alpha value is -2.23. The van der Waals surface area contributed by atoms with Crippen molar-refractivity contribution in [2.45, 2.75) is 12.1 Å². The fourth-order valence-corrected chi connectivity index (χ4v) is 1.69. The normalized spacial score (nSPS) is 22.8. The molecule has 0 saturated carbocycles. The van der Waals surface area contributed by atoms with Crippen LogP contribution in [0, 0.1) is 0 Å². The highest BCUT2D eigenvalue weighted by Crippen LogP contribution is 2.26. The van der Waals surface area contributed by atoms with Gasteiger partial charge in [0.1, 0.15) is 5.66 Å². The predicted octanol–water partition coefficient (Wildman–Crippen LogP) is 2.58. The highest BCUT2D eigenvalue weighted by atomic mass is 15.2. The van der Waals surface area contributed by atoms with Gasteiger partial charge < -0.3 is 11.5 Å². The molecular weight excluding hydrogens is 214 g/mol. The largest absolute Gasteiger partial charge is 0.399 e. The summed E-state index contributed by atoms with van der Waals surface area (Å²) < 4.78 is 0. The molecule has 1 aliphatic carbocycles. The van der Waals surface area contributed by atoms with Gasteiger partial charge in [-0.05, 0) is 35.2 Å². The second-order valence-corrected chi connectivity index (χ2v) is 4.00. The van der Waals surface area contributed by atoms with E-state index in [1.165, 1.54) is 0 Å².